The highest BCUT2D eigenvalue weighted by molar-refractivity contribution is 6.32. The molecule has 0 unspecified atom stereocenters. The zero-order valence-electron chi connectivity index (χ0n) is 11.6. The Morgan fingerprint density at radius 2 is 1.86 bits per heavy atom. The van der Waals surface area contributed by atoms with Crippen molar-refractivity contribution in [2.75, 3.05) is 12.4 Å². The molecule has 0 spiro atoms. The number of hydrogen-bond donors (Lipinski definition) is 2. The average Bonchev–Trinajstić information content (AvgIpc) is 2.47. The summed E-state index contributed by atoms with van der Waals surface area (Å²) in [4.78, 5) is 10.6. The van der Waals surface area contributed by atoms with E-state index < -0.39 is 5.97 Å². The number of nitrogens with one attached hydrogen (secondary N) is 1. The minimum absolute atomic E-state index is 0.0437. The molecule has 0 fully saturated rings. The highest BCUT2D eigenvalue weighted by Crippen LogP contribution is 2.27. The number of carbonyl (C=O) groups is 1. The van der Waals surface area contributed by atoms with E-state index in [0.29, 0.717) is 17.3 Å². The molecular weight excluding hydrogens is 290 g/mol. The summed E-state index contributed by atoms with van der Waals surface area (Å²) in [5.41, 5.74) is 2.77. The molecule has 110 valence electrons. The van der Waals surface area contributed by atoms with Crippen LogP contribution in [-0.4, -0.2) is 18.2 Å². The van der Waals surface area contributed by atoms with Crippen molar-refractivity contribution in [1.29, 1.82) is 0 Å². The van der Waals surface area contributed by atoms with E-state index >= 15 is 0 Å². The first-order chi connectivity index (χ1) is 10.1. The Bertz CT molecular complexity index is 626. The van der Waals surface area contributed by atoms with Gasteiger partial charge in [-0.05, 0) is 23.3 Å². The monoisotopic (exact) mass is 305 g/mol. The predicted molar refractivity (Wildman–Crippen MR) is 83.1 cm³/mol. The molecule has 0 aliphatic rings. The van der Waals surface area contributed by atoms with Crippen LogP contribution in [0.25, 0.3) is 0 Å². The van der Waals surface area contributed by atoms with Gasteiger partial charge in [-0.25, -0.2) is 0 Å². The summed E-state index contributed by atoms with van der Waals surface area (Å²) in [6, 6.07) is 13.0. The first kappa shape index (κ1) is 15.2. The normalized spacial score (nSPS) is 10.2. The van der Waals surface area contributed by atoms with Gasteiger partial charge in [0.25, 0.3) is 0 Å². The topological polar surface area (TPSA) is 58.6 Å². The highest BCUT2D eigenvalue weighted by Gasteiger charge is 2.03. The van der Waals surface area contributed by atoms with Crippen molar-refractivity contribution in [2.24, 2.45) is 0 Å². The second-order valence-electron chi connectivity index (χ2n) is 4.59. The van der Waals surface area contributed by atoms with Crippen LogP contribution < -0.4 is 10.1 Å². The van der Waals surface area contributed by atoms with Gasteiger partial charge in [-0.15, -0.1) is 0 Å². The Labute approximate surface area is 128 Å². The van der Waals surface area contributed by atoms with Crippen molar-refractivity contribution < 1.29 is 14.6 Å². The van der Waals surface area contributed by atoms with E-state index in [0.717, 1.165) is 16.8 Å². The van der Waals surface area contributed by atoms with Crippen molar-refractivity contribution in [1.82, 2.24) is 0 Å². The van der Waals surface area contributed by atoms with Gasteiger partial charge in [-0.3, -0.25) is 4.79 Å². The first-order valence-electron chi connectivity index (χ1n) is 6.45. The van der Waals surface area contributed by atoms with Crippen molar-refractivity contribution >= 4 is 23.3 Å². The molecule has 0 radical (unpaired) electrons. The van der Waals surface area contributed by atoms with E-state index in [9.17, 15) is 4.79 Å². The lowest BCUT2D eigenvalue weighted by Gasteiger charge is -2.09. The molecule has 21 heavy (non-hydrogen) atoms. The number of anilines is 1. The van der Waals surface area contributed by atoms with Crippen molar-refractivity contribution in [2.45, 2.75) is 13.0 Å². The summed E-state index contributed by atoms with van der Waals surface area (Å²) >= 11 is 5.97. The second-order valence-corrected chi connectivity index (χ2v) is 5.00. The molecule has 2 aromatic rings. The van der Waals surface area contributed by atoms with Gasteiger partial charge in [-0.2, -0.15) is 0 Å². The molecular formula is C16H16ClNO3. The molecule has 0 atom stereocenters. The number of hydrogen-bond acceptors (Lipinski definition) is 3. The molecule has 4 nitrogen and oxygen atoms in total. The fraction of sp³-hybridized carbons (Fsp3) is 0.188. The zero-order valence-corrected chi connectivity index (χ0v) is 12.4. The third kappa shape index (κ3) is 4.39. The Morgan fingerprint density at radius 1 is 1.19 bits per heavy atom. The summed E-state index contributed by atoms with van der Waals surface area (Å²) in [5.74, 6) is -0.201. The van der Waals surface area contributed by atoms with Gasteiger partial charge in [0.05, 0.1) is 18.6 Å². The summed E-state index contributed by atoms with van der Waals surface area (Å²) in [5, 5.41) is 12.6. The third-order valence-electron chi connectivity index (χ3n) is 3.03. The molecule has 0 saturated carbocycles. The fourth-order valence-corrected chi connectivity index (χ4v) is 2.12. The van der Waals surface area contributed by atoms with E-state index in [4.69, 9.17) is 21.4 Å². The van der Waals surface area contributed by atoms with Crippen LogP contribution >= 0.6 is 11.6 Å². The molecule has 5 heteroatoms. The molecule has 2 N–H and O–H groups in total. The standard InChI is InChI=1S/C16H16ClNO3/c1-21-15-9-13(6-7-14(15)17)18-10-12-4-2-11(3-5-12)8-16(19)20/h2-7,9,18H,8,10H2,1H3,(H,19,20). The number of aliphatic carboxylic acids is 1. The van der Waals surface area contributed by atoms with Crippen LogP contribution in [0.5, 0.6) is 5.75 Å². The first-order valence-corrected chi connectivity index (χ1v) is 6.83. The maximum absolute atomic E-state index is 10.6. The van der Waals surface area contributed by atoms with Gasteiger partial charge in [-0.1, -0.05) is 35.9 Å². The van der Waals surface area contributed by atoms with Crippen LogP contribution in [0.1, 0.15) is 11.1 Å². The lowest BCUT2D eigenvalue weighted by Crippen LogP contribution is -2.02. The highest BCUT2D eigenvalue weighted by atomic mass is 35.5. The van der Waals surface area contributed by atoms with Gasteiger partial charge in [0, 0.05) is 18.3 Å². The lowest BCUT2D eigenvalue weighted by molar-refractivity contribution is -0.136. The maximum Gasteiger partial charge on any atom is 0.307 e. The van der Waals surface area contributed by atoms with E-state index in [-0.39, 0.29) is 6.42 Å². The average molecular weight is 306 g/mol. The number of carboxylic acid groups (broad SMARTS) is 1. The summed E-state index contributed by atoms with van der Waals surface area (Å²) in [6.45, 7) is 0.637. The molecule has 2 rings (SSSR count). The number of methoxy groups -OCH3 is 1. The molecule has 0 heterocycles. The quantitative estimate of drug-likeness (QED) is 0.856. The molecule has 0 aliphatic heterocycles. The Kier molecular flexibility index (Phi) is 5.06. The number of ether oxygens (including phenoxy) is 1. The summed E-state index contributed by atoms with van der Waals surface area (Å²) in [6.07, 6.45) is 0.0437. The Morgan fingerprint density at radius 3 is 2.48 bits per heavy atom. The molecule has 2 aromatic carbocycles. The minimum atomic E-state index is -0.825. The smallest absolute Gasteiger partial charge is 0.307 e. The van der Waals surface area contributed by atoms with Crippen LogP contribution in [-0.2, 0) is 17.8 Å². The van der Waals surface area contributed by atoms with E-state index in [2.05, 4.69) is 5.32 Å². The maximum atomic E-state index is 10.6. The number of benzene rings is 2. The van der Waals surface area contributed by atoms with Gasteiger partial charge >= 0.3 is 5.97 Å². The van der Waals surface area contributed by atoms with E-state index in [1.54, 1.807) is 13.2 Å². The zero-order chi connectivity index (χ0) is 15.2. The molecule has 0 saturated heterocycles. The summed E-state index contributed by atoms with van der Waals surface area (Å²) < 4.78 is 5.16. The van der Waals surface area contributed by atoms with Crippen LogP contribution in [0, 0.1) is 0 Å². The second kappa shape index (κ2) is 6.99. The van der Waals surface area contributed by atoms with Crippen molar-refractivity contribution in [3.8, 4) is 5.75 Å². The van der Waals surface area contributed by atoms with Crippen molar-refractivity contribution in [3.05, 3.63) is 58.6 Å². The third-order valence-corrected chi connectivity index (χ3v) is 3.34. The van der Waals surface area contributed by atoms with Crippen LogP contribution in [0.4, 0.5) is 5.69 Å². The van der Waals surface area contributed by atoms with Crippen molar-refractivity contribution in [3.63, 3.8) is 0 Å². The number of halogens is 1. The van der Waals surface area contributed by atoms with Crippen LogP contribution in [0.3, 0.4) is 0 Å². The fourth-order valence-electron chi connectivity index (χ4n) is 1.92. The Hall–Kier alpha value is -2.20. The van der Waals surface area contributed by atoms with Gasteiger partial charge in [0.15, 0.2) is 0 Å². The Balaban J connectivity index is 1.98. The van der Waals surface area contributed by atoms with E-state index in [1.807, 2.05) is 36.4 Å². The van der Waals surface area contributed by atoms with Gasteiger partial charge in [0.1, 0.15) is 5.75 Å². The number of rotatable bonds is 6. The van der Waals surface area contributed by atoms with Crippen LogP contribution in [0.15, 0.2) is 42.5 Å². The molecule has 0 aromatic heterocycles. The number of carboxylic acids is 1. The SMILES string of the molecule is COc1cc(NCc2ccc(CC(=O)O)cc2)ccc1Cl. The lowest BCUT2D eigenvalue weighted by atomic mass is 10.1. The largest absolute Gasteiger partial charge is 0.495 e. The van der Waals surface area contributed by atoms with E-state index in [1.165, 1.54) is 0 Å². The van der Waals surface area contributed by atoms with Gasteiger partial charge < -0.3 is 15.2 Å². The summed E-state index contributed by atoms with van der Waals surface area (Å²) in [7, 11) is 1.58. The van der Waals surface area contributed by atoms with Gasteiger partial charge in [0.2, 0.25) is 0 Å². The molecule has 0 amide bonds. The minimum Gasteiger partial charge on any atom is -0.495 e. The molecule has 0 bridgehead atoms. The van der Waals surface area contributed by atoms with Crippen LogP contribution in [0.2, 0.25) is 5.02 Å². The predicted octanol–water partition coefficient (Wildman–Crippen LogP) is 3.59. The molecule has 0 aliphatic carbocycles.